The average molecular weight is 533 g/mol. The Bertz CT molecular complexity index is 453. The van der Waals surface area contributed by atoms with Crippen LogP contribution in [-0.2, 0) is 0 Å². The lowest BCUT2D eigenvalue weighted by atomic mass is 9.75. The summed E-state index contributed by atoms with van der Waals surface area (Å²) < 4.78 is 0. The minimum absolute atomic E-state index is 0.485. The van der Waals surface area contributed by atoms with Crippen molar-refractivity contribution in [3.63, 3.8) is 0 Å². The highest BCUT2D eigenvalue weighted by molar-refractivity contribution is 4.81. The smallest absolute Gasteiger partial charge is 0.0351 e. The highest BCUT2D eigenvalue weighted by Crippen LogP contribution is 2.34. The average Bonchev–Trinajstić information content (AvgIpc) is 2.89. The third-order valence-corrected chi connectivity index (χ3v) is 8.95. The van der Waals surface area contributed by atoms with E-state index in [2.05, 4.69) is 46.8 Å². The zero-order valence-electron chi connectivity index (χ0n) is 27.7. The molecular weight excluding hydrogens is 456 g/mol. The van der Waals surface area contributed by atoms with E-state index in [1.165, 1.54) is 186 Å². The van der Waals surface area contributed by atoms with Crippen LogP contribution in [-0.4, -0.2) is 0 Å². The van der Waals surface area contributed by atoms with Crippen LogP contribution in [0.3, 0.4) is 0 Å². The summed E-state index contributed by atoms with van der Waals surface area (Å²) in [6.45, 7) is 12.1. The Balaban J connectivity index is 3.56. The van der Waals surface area contributed by atoms with E-state index in [4.69, 9.17) is 0 Å². The molecule has 0 aliphatic heterocycles. The SMILES string of the molecule is CCCCCCC/C=C\CCCCCCCCC(CCCCCCCCCCCCCCCC)C(C)(C)C. The van der Waals surface area contributed by atoms with E-state index in [0.29, 0.717) is 5.41 Å². The van der Waals surface area contributed by atoms with Gasteiger partial charge in [0.05, 0.1) is 0 Å². The molecule has 1 unspecified atom stereocenters. The summed E-state index contributed by atoms with van der Waals surface area (Å²) in [5, 5.41) is 0. The van der Waals surface area contributed by atoms with Gasteiger partial charge in [0.1, 0.15) is 0 Å². The third kappa shape index (κ3) is 28.7. The van der Waals surface area contributed by atoms with Gasteiger partial charge in [0, 0.05) is 0 Å². The molecule has 1 atom stereocenters. The first-order chi connectivity index (χ1) is 18.5. The maximum absolute atomic E-state index is 2.49. The summed E-state index contributed by atoms with van der Waals surface area (Å²) >= 11 is 0. The Morgan fingerprint density at radius 1 is 0.368 bits per heavy atom. The monoisotopic (exact) mass is 533 g/mol. The Kier molecular flexibility index (Phi) is 29.5. The highest BCUT2D eigenvalue weighted by Gasteiger charge is 2.23. The van der Waals surface area contributed by atoms with Crippen molar-refractivity contribution in [2.24, 2.45) is 11.3 Å². The van der Waals surface area contributed by atoms with Crippen molar-refractivity contribution < 1.29 is 0 Å². The maximum Gasteiger partial charge on any atom is -0.0351 e. The van der Waals surface area contributed by atoms with Crippen LogP contribution in [0.25, 0.3) is 0 Å². The van der Waals surface area contributed by atoms with E-state index in [0.717, 1.165) is 5.92 Å². The molecule has 0 fully saturated rings. The second-order valence-electron chi connectivity index (χ2n) is 13.8. The van der Waals surface area contributed by atoms with Crippen LogP contribution in [0.5, 0.6) is 0 Å². The summed E-state index contributed by atoms with van der Waals surface area (Å²) in [5.41, 5.74) is 0.485. The Labute approximate surface area is 244 Å². The van der Waals surface area contributed by atoms with Crippen LogP contribution in [0.2, 0.25) is 0 Å². The first-order valence-electron chi connectivity index (χ1n) is 18.2. The Morgan fingerprint density at radius 3 is 0.921 bits per heavy atom. The van der Waals surface area contributed by atoms with Gasteiger partial charge in [-0.2, -0.15) is 0 Å². The van der Waals surface area contributed by atoms with Crippen molar-refractivity contribution in [2.45, 2.75) is 221 Å². The van der Waals surface area contributed by atoms with Crippen LogP contribution < -0.4 is 0 Å². The minimum Gasteiger partial charge on any atom is -0.0885 e. The van der Waals surface area contributed by atoms with E-state index in [1.54, 1.807) is 0 Å². The fourth-order valence-electron chi connectivity index (χ4n) is 6.06. The molecule has 0 nitrogen and oxygen atoms in total. The van der Waals surface area contributed by atoms with Gasteiger partial charge in [0.25, 0.3) is 0 Å². The van der Waals surface area contributed by atoms with Crippen LogP contribution in [0.15, 0.2) is 12.2 Å². The molecule has 0 aromatic rings. The molecule has 0 bridgehead atoms. The molecule has 0 saturated heterocycles. The summed E-state index contributed by atoms with van der Waals surface area (Å²) in [4.78, 5) is 0. The van der Waals surface area contributed by atoms with Crippen LogP contribution in [0, 0.1) is 11.3 Å². The second-order valence-corrected chi connectivity index (χ2v) is 13.8. The standard InChI is InChI=1S/C38H76/c1-6-8-10-12-14-16-18-20-22-24-26-28-30-32-34-36-37(38(3,4)5)35-33-31-29-27-25-23-21-19-17-15-13-11-9-7-2/h18,20,37H,6-17,19,21-36H2,1-5H3/b20-18-. The largest absolute Gasteiger partial charge is 0.0885 e. The topological polar surface area (TPSA) is 0 Å². The zero-order chi connectivity index (χ0) is 28.0. The first-order valence-corrected chi connectivity index (χ1v) is 18.2. The van der Waals surface area contributed by atoms with Gasteiger partial charge in [-0.05, 0) is 49.9 Å². The van der Waals surface area contributed by atoms with Crippen molar-refractivity contribution >= 4 is 0 Å². The Hall–Kier alpha value is -0.260. The summed E-state index contributed by atoms with van der Waals surface area (Å²) in [7, 11) is 0. The molecule has 0 aromatic carbocycles. The number of hydrogen-bond acceptors (Lipinski definition) is 0. The molecule has 0 rings (SSSR count). The van der Waals surface area contributed by atoms with Gasteiger partial charge in [-0.15, -0.1) is 0 Å². The molecule has 0 amide bonds. The minimum atomic E-state index is 0.485. The molecular formula is C38H76. The van der Waals surface area contributed by atoms with Crippen molar-refractivity contribution in [3.05, 3.63) is 12.2 Å². The summed E-state index contributed by atoms with van der Waals surface area (Å²) in [6, 6.07) is 0. The quantitative estimate of drug-likeness (QED) is 0.0637. The van der Waals surface area contributed by atoms with Gasteiger partial charge < -0.3 is 0 Å². The van der Waals surface area contributed by atoms with Crippen molar-refractivity contribution in [3.8, 4) is 0 Å². The lowest BCUT2D eigenvalue weighted by Gasteiger charge is -2.31. The van der Waals surface area contributed by atoms with Crippen molar-refractivity contribution in [1.29, 1.82) is 0 Å². The fourth-order valence-corrected chi connectivity index (χ4v) is 6.06. The Morgan fingerprint density at radius 2 is 0.632 bits per heavy atom. The van der Waals surface area contributed by atoms with Gasteiger partial charge >= 0.3 is 0 Å². The first kappa shape index (κ1) is 37.7. The van der Waals surface area contributed by atoms with E-state index in [1.807, 2.05) is 0 Å². The molecule has 228 valence electrons. The maximum atomic E-state index is 2.49. The number of hydrogen-bond donors (Lipinski definition) is 0. The lowest BCUT2D eigenvalue weighted by molar-refractivity contribution is 0.201. The predicted molar refractivity (Wildman–Crippen MR) is 177 cm³/mol. The van der Waals surface area contributed by atoms with Gasteiger partial charge in [-0.1, -0.05) is 194 Å². The number of unbranched alkanes of at least 4 members (excludes halogenated alkanes) is 24. The predicted octanol–water partition coefficient (Wildman–Crippen LogP) is 14.6. The highest BCUT2D eigenvalue weighted by atomic mass is 14.3. The zero-order valence-corrected chi connectivity index (χ0v) is 27.7. The van der Waals surface area contributed by atoms with Crippen LogP contribution in [0.4, 0.5) is 0 Å². The van der Waals surface area contributed by atoms with E-state index >= 15 is 0 Å². The molecule has 0 N–H and O–H groups in total. The van der Waals surface area contributed by atoms with Gasteiger partial charge in [-0.25, -0.2) is 0 Å². The van der Waals surface area contributed by atoms with Crippen LogP contribution in [0.1, 0.15) is 221 Å². The molecule has 0 heterocycles. The van der Waals surface area contributed by atoms with E-state index in [-0.39, 0.29) is 0 Å². The van der Waals surface area contributed by atoms with Crippen LogP contribution >= 0.6 is 0 Å². The number of allylic oxidation sites excluding steroid dienone is 2. The molecule has 0 radical (unpaired) electrons. The molecule has 38 heavy (non-hydrogen) atoms. The third-order valence-electron chi connectivity index (χ3n) is 8.95. The second kappa shape index (κ2) is 29.7. The molecule has 0 saturated carbocycles. The molecule has 0 aromatic heterocycles. The molecule has 0 aliphatic carbocycles. The molecule has 0 spiro atoms. The summed E-state index contributed by atoms with van der Waals surface area (Å²) in [5.74, 6) is 0.923. The van der Waals surface area contributed by atoms with Gasteiger partial charge in [0.15, 0.2) is 0 Å². The van der Waals surface area contributed by atoms with Gasteiger partial charge in [-0.3, -0.25) is 0 Å². The summed E-state index contributed by atoms with van der Waals surface area (Å²) in [6.07, 6.45) is 46.6. The lowest BCUT2D eigenvalue weighted by Crippen LogP contribution is -2.20. The van der Waals surface area contributed by atoms with E-state index < -0.39 is 0 Å². The normalized spacial score (nSPS) is 13.1. The van der Waals surface area contributed by atoms with E-state index in [9.17, 15) is 0 Å². The molecule has 0 aliphatic rings. The van der Waals surface area contributed by atoms with Crippen molar-refractivity contribution in [2.75, 3.05) is 0 Å². The number of rotatable bonds is 30. The fraction of sp³-hybridized carbons (Fsp3) is 0.947. The van der Waals surface area contributed by atoms with Crippen molar-refractivity contribution in [1.82, 2.24) is 0 Å². The molecule has 0 heteroatoms. The van der Waals surface area contributed by atoms with Gasteiger partial charge in [0.2, 0.25) is 0 Å².